The van der Waals surface area contributed by atoms with E-state index >= 15 is 0 Å². The molecular weight excluding hydrogens is 278 g/mol. The molecule has 0 heterocycles. The van der Waals surface area contributed by atoms with E-state index in [1.54, 1.807) is 0 Å². The van der Waals surface area contributed by atoms with Crippen LogP contribution in [0.3, 0.4) is 0 Å². The predicted molar refractivity (Wildman–Crippen MR) is 74.6 cm³/mol. The van der Waals surface area contributed by atoms with Gasteiger partial charge in [-0.15, -0.1) is 0 Å². The molecular formula is C14H23NO6. The number of carboxylic acid groups (broad SMARTS) is 1. The zero-order chi connectivity index (χ0) is 15.5. The first-order valence-corrected chi connectivity index (χ1v) is 7.15. The van der Waals surface area contributed by atoms with Crippen molar-refractivity contribution < 1.29 is 28.9 Å². The lowest BCUT2D eigenvalue weighted by atomic mass is 9.89. The Labute approximate surface area is 124 Å². The van der Waals surface area contributed by atoms with E-state index in [2.05, 4.69) is 0 Å². The van der Waals surface area contributed by atoms with E-state index in [1.807, 2.05) is 6.08 Å². The number of allylic oxidation sites excluding steroid dienone is 2. The molecule has 0 amide bonds. The minimum Gasteiger partial charge on any atom is -0.481 e. The third-order valence-electron chi connectivity index (χ3n) is 3.17. The fraction of sp³-hybridized carbons (Fsp3) is 0.714. The molecule has 0 aromatic rings. The third kappa shape index (κ3) is 8.31. The quantitative estimate of drug-likeness (QED) is 0.492. The SMILES string of the molecule is NCCOCCOC(=O)OC1=CCC(CCC(=O)O)CC1. The largest absolute Gasteiger partial charge is 0.513 e. The van der Waals surface area contributed by atoms with Crippen molar-refractivity contribution in [3.8, 4) is 0 Å². The van der Waals surface area contributed by atoms with Crippen LogP contribution in [0.1, 0.15) is 32.1 Å². The Morgan fingerprint density at radius 2 is 2.14 bits per heavy atom. The number of aliphatic carboxylic acids is 1. The highest BCUT2D eigenvalue weighted by Crippen LogP contribution is 2.27. The summed E-state index contributed by atoms with van der Waals surface area (Å²) in [5.41, 5.74) is 5.25. The number of hydrogen-bond donors (Lipinski definition) is 2. The molecule has 1 atom stereocenters. The first-order valence-electron chi connectivity index (χ1n) is 7.15. The molecule has 0 radical (unpaired) electrons. The molecule has 1 unspecified atom stereocenters. The second-order valence-corrected chi connectivity index (χ2v) is 4.84. The molecule has 0 aromatic carbocycles. The molecule has 0 saturated heterocycles. The topological polar surface area (TPSA) is 108 Å². The summed E-state index contributed by atoms with van der Waals surface area (Å²) in [5, 5.41) is 8.63. The molecule has 21 heavy (non-hydrogen) atoms. The molecule has 0 spiro atoms. The molecule has 3 N–H and O–H groups in total. The Bertz CT molecular complexity index is 368. The van der Waals surface area contributed by atoms with Gasteiger partial charge in [-0.05, 0) is 31.3 Å². The van der Waals surface area contributed by atoms with Gasteiger partial charge in [0.2, 0.25) is 0 Å². The number of carbonyl (C=O) groups excluding carboxylic acids is 1. The zero-order valence-corrected chi connectivity index (χ0v) is 12.1. The van der Waals surface area contributed by atoms with Crippen LogP contribution in [0.2, 0.25) is 0 Å². The van der Waals surface area contributed by atoms with Gasteiger partial charge in [0.25, 0.3) is 0 Å². The Balaban J connectivity index is 2.15. The molecule has 7 nitrogen and oxygen atoms in total. The van der Waals surface area contributed by atoms with Gasteiger partial charge in [-0.3, -0.25) is 4.79 Å². The van der Waals surface area contributed by atoms with Gasteiger partial charge in [0, 0.05) is 19.4 Å². The Kier molecular flexibility index (Phi) is 8.45. The lowest BCUT2D eigenvalue weighted by molar-refractivity contribution is -0.137. The first-order chi connectivity index (χ1) is 10.1. The van der Waals surface area contributed by atoms with Crippen molar-refractivity contribution in [3.05, 3.63) is 11.8 Å². The van der Waals surface area contributed by atoms with Crippen LogP contribution >= 0.6 is 0 Å². The van der Waals surface area contributed by atoms with Gasteiger partial charge in [-0.2, -0.15) is 0 Å². The third-order valence-corrected chi connectivity index (χ3v) is 3.17. The van der Waals surface area contributed by atoms with Crippen LogP contribution in [-0.2, 0) is 19.0 Å². The lowest BCUT2D eigenvalue weighted by Crippen LogP contribution is -2.16. The Morgan fingerprint density at radius 3 is 2.76 bits per heavy atom. The van der Waals surface area contributed by atoms with E-state index in [4.69, 9.17) is 25.1 Å². The van der Waals surface area contributed by atoms with E-state index in [1.165, 1.54) is 0 Å². The Morgan fingerprint density at radius 1 is 1.33 bits per heavy atom. The highest BCUT2D eigenvalue weighted by atomic mass is 16.7. The van der Waals surface area contributed by atoms with Gasteiger partial charge >= 0.3 is 12.1 Å². The summed E-state index contributed by atoms with van der Waals surface area (Å²) in [5.74, 6) is 0.157. The number of ether oxygens (including phenoxy) is 3. The minimum absolute atomic E-state index is 0.132. The van der Waals surface area contributed by atoms with Crippen LogP contribution in [0, 0.1) is 5.92 Å². The van der Waals surface area contributed by atoms with Crippen LogP contribution < -0.4 is 5.73 Å². The van der Waals surface area contributed by atoms with Crippen LogP contribution in [0.5, 0.6) is 0 Å². The molecule has 1 aliphatic rings. The number of rotatable bonds is 9. The van der Waals surface area contributed by atoms with Crippen molar-refractivity contribution in [1.82, 2.24) is 0 Å². The molecule has 7 heteroatoms. The van der Waals surface area contributed by atoms with E-state index < -0.39 is 12.1 Å². The summed E-state index contributed by atoms with van der Waals surface area (Å²) < 4.78 is 15.0. The van der Waals surface area contributed by atoms with Gasteiger partial charge in [-0.1, -0.05) is 0 Å². The fourth-order valence-corrected chi connectivity index (χ4v) is 2.05. The monoisotopic (exact) mass is 301 g/mol. The summed E-state index contributed by atoms with van der Waals surface area (Å²) in [6, 6.07) is 0. The smallest absolute Gasteiger partial charge is 0.481 e. The van der Waals surface area contributed by atoms with Gasteiger partial charge < -0.3 is 25.1 Å². The fourth-order valence-electron chi connectivity index (χ4n) is 2.05. The summed E-state index contributed by atoms with van der Waals surface area (Å²) in [6.07, 6.45) is 4.12. The highest BCUT2D eigenvalue weighted by molar-refractivity contribution is 5.66. The van der Waals surface area contributed by atoms with E-state index in [9.17, 15) is 9.59 Å². The van der Waals surface area contributed by atoms with Crippen molar-refractivity contribution in [1.29, 1.82) is 0 Å². The Hall–Kier alpha value is -1.60. The van der Waals surface area contributed by atoms with Crippen molar-refractivity contribution >= 4 is 12.1 Å². The van der Waals surface area contributed by atoms with Gasteiger partial charge in [0.05, 0.1) is 13.2 Å². The van der Waals surface area contributed by atoms with Crippen molar-refractivity contribution in [2.24, 2.45) is 11.7 Å². The average molecular weight is 301 g/mol. The summed E-state index contributed by atoms with van der Waals surface area (Å²) in [6.45, 7) is 1.29. The number of nitrogens with two attached hydrogens (primary N) is 1. The minimum atomic E-state index is -0.776. The lowest BCUT2D eigenvalue weighted by Gasteiger charge is -2.20. The zero-order valence-electron chi connectivity index (χ0n) is 12.1. The van der Waals surface area contributed by atoms with E-state index in [0.717, 1.165) is 12.8 Å². The average Bonchev–Trinajstić information content (AvgIpc) is 2.46. The van der Waals surface area contributed by atoms with Crippen molar-refractivity contribution in [2.45, 2.75) is 32.1 Å². The van der Waals surface area contributed by atoms with Crippen LogP contribution in [-0.4, -0.2) is 43.6 Å². The van der Waals surface area contributed by atoms with Crippen molar-refractivity contribution in [3.63, 3.8) is 0 Å². The maximum atomic E-state index is 11.4. The maximum absolute atomic E-state index is 11.4. The standard InChI is InChI=1S/C14H23NO6/c15-7-8-19-9-10-20-14(18)21-12-4-1-11(2-5-12)3-6-13(16)17/h4,11H,1-3,5-10,15H2,(H,16,17). The molecule has 0 aliphatic heterocycles. The summed E-state index contributed by atoms with van der Waals surface area (Å²) in [4.78, 5) is 21.9. The molecule has 0 aromatic heterocycles. The summed E-state index contributed by atoms with van der Waals surface area (Å²) >= 11 is 0. The van der Waals surface area contributed by atoms with Gasteiger partial charge in [0.15, 0.2) is 0 Å². The maximum Gasteiger partial charge on any atom is 0.513 e. The molecule has 0 saturated carbocycles. The molecule has 120 valence electrons. The van der Waals surface area contributed by atoms with Crippen LogP contribution in [0.4, 0.5) is 4.79 Å². The van der Waals surface area contributed by atoms with Gasteiger partial charge in [-0.25, -0.2) is 4.79 Å². The number of hydrogen-bond acceptors (Lipinski definition) is 6. The van der Waals surface area contributed by atoms with Crippen LogP contribution in [0.15, 0.2) is 11.8 Å². The summed E-state index contributed by atoms with van der Waals surface area (Å²) in [7, 11) is 0. The second kappa shape index (κ2) is 10.2. The van der Waals surface area contributed by atoms with E-state index in [0.29, 0.717) is 44.3 Å². The highest BCUT2D eigenvalue weighted by Gasteiger charge is 2.18. The molecule has 1 rings (SSSR count). The second-order valence-electron chi connectivity index (χ2n) is 4.84. The first kappa shape index (κ1) is 17.5. The molecule has 0 fully saturated rings. The molecule has 0 bridgehead atoms. The normalized spacial score (nSPS) is 18.0. The van der Waals surface area contributed by atoms with Crippen molar-refractivity contribution in [2.75, 3.05) is 26.4 Å². The molecule has 1 aliphatic carbocycles. The number of carboxylic acids is 1. The van der Waals surface area contributed by atoms with Crippen LogP contribution in [0.25, 0.3) is 0 Å². The van der Waals surface area contributed by atoms with Gasteiger partial charge in [0.1, 0.15) is 12.4 Å². The van der Waals surface area contributed by atoms with E-state index in [-0.39, 0.29) is 13.0 Å². The number of carbonyl (C=O) groups is 2. The predicted octanol–water partition coefficient (Wildman–Crippen LogP) is 1.66.